The molecule has 0 amide bonds. The van der Waals surface area contributed by atoms with Crippen LogP contribution in [0.4, 0.5) is 4.39 Å². The number of nitrogens with zero attached hydrogens (tertiary/aromatic N) is 1. The first kappa shape index (κ1) is 18.4. The molecule has 2 heterocycles. The average molecular weight is 384 g/mol. The Morgan fingerprint density at radius 1 is 1.16 bits per heavy atom. The van der Waals surface area contributed by atoms with Crippen molar-refractivity contribution in [2.24, 2.45) is 5.92 Å². The molecule has 3 rings (SSSR count). The van der Waals surface area contributed by atoms with Crippen LogP contribution in [0.25, 0.3) is 0 Å². The number of piperidine rings is 1. The van der Waals surface area contributed by atoms with Gasteiger partial charge < -0.3 is 4.74 Å². The second-order valence-electron chi connectivity index (χ2n) is 6.19. The molecule has 1 fully saturated rings. The second-order valence-corrected chi connectivity index (χ2v) is 9.52. The molecule has 1 aromatic heterocycles. The van der Waals surface area contributed by atoms with Gasteiger partial charge in [-0.25, -0.2) is 12.8 Å². The van der Waals surface area contributed by atoms with Crippen LogP contribution in [0.5, 0.6) is 5.75 Å². The van der Waals surface area contributed by atoms with Gasteiger partial charge in [-0.2, -0.15) is 4.31 Å². The minimum atomic E-state index is -3.38. The third-order valence-corrected chi connectivity index (χ3v) is 8.05. The Kier molecular flexibility index (Phi) is 5.76. The maximum absolute atomic E-state index is 12.9. The minimum absolute atomic E-state index is 0.286. The Morgan fingerprint density at radius 3 is 2.44 bits per heavy atom. The number of rotatable bonds is 6. The molecule has 0 atom stereocenters. The molecule has 0 saturated carbocycles. The van der Waals surface area contributed by atoms with E-state index in [1.54, 1.807) is 22.5 Å². The largest absolute Gasteiger partial charge is 0.493 e. The van der Waals surface area contributed by atoms with Crippen LogP contribution < -0.4 is 4.74 Å². The van der Waals surface area contributed by atoms with Crippen molar-refractivity contribution in [2.45, 2.75) is 30.4 Å². The molecular formula is C18H22FNO3S2. The highest BCUT2D eigenvalue weighted by Crippen LogP contribution is 2.29. The van der Waals surface area contributed by atoms with Crippen LogP contribution in [0, 0.1) is 11.7 Å². The summed E-state index contributed by atoms with van der Waals surface area (Å²) in [6.07, 6.45) is 2.39. The van der Waals surface area contributed by atoms with Gasteiger partial charge in [-0.15, -0.1) is 11.3 Å². The summed E-state index contributed by atoms with van der Waals surface area (Å²) < 4.78 is 46.0. The third kappa shape index (κ3) is 4.40. The van der Waals surface area contributed by atoms with Crippen molar-refractivity contribution >= 4 is 21.4 Å². The molecule has 0 radical (unpaired) electrons. The molecule has 136 valence electrons. The third-order valence-electron chi connectivity index (χ3n) is 4.45. The highest BCUT2D eigenvalue weighted by molar-refractivity contribution is 7.91. The fraction of sp³-hybridized carbons (Fsp3) is 0.444. The van der Waals surface area contributed by atoms with Crippen molar-refractivity contribution in [2.75, 3.05) is 19.7 Å². The molecule has 7 heteroatoms. The lowest BCUT2D eigenvalue weighted by atomic mass is 9.99. The zero-order valence-corrected chi connectivity index (χ0v) is 15.8. The van der Waals surface area contributed by atoms with Gasteiger partial charge in [0.2, 0.25) is 0 Å². The fourth-order valence-corrected chi connectivity index (χ4v) is 5.79. The molecule has 0 spiro atoms. The number of sulfonamides is 1. The van der Waals surface area contributed by atoms with Crippen molar-refractivity contribution in [3.8, 4) is 5.75 Å². The van der Waals surface area contributed by atoms with Gasteiger partial charge in [0.15, 0.2) is 0 Å². The standard InChI is InChI=1S/C18H22FNO3S2/c1-2-17-7-8-18(24-17)25(21,22)20-11-9-14(10-12-20)13-23-16-5-3-15(19)4-6-16/h3-8,14H,2,9-13H2,1H3. The van der Waals surface area contributed by atoms with E-state index in [0.717, 1.165) is 24.1 Å². The lowest BCUT2D eigenvalue weighted by molar-refractivity contribution is 0.185. The first-order valence-electron chi connectivity index (χ1n) is 8.46. The van der Waals surface area contributed by atoms with Crippen LogP contribution in [0.1, 0.15) is 24.6 Å². The Hall–Kier alpha value is -1.44. The number of hydrogen-bond acceptors (Lipinski definition) is 4. The van der Waals surface area contributed by atoms with Gasteiger partial charge in [0.05, 0.1) is 6.61 Å². The molecule has 1 aliphatic rings. The number of thiophene rings is 1. The normalized spacial score (nSPS) is 16.9. The summed E-state index contributed by atoms with van der Waals surface area (Å²) in [7, 11) is -3.38. The van der Waals surface area contributed by atoms with Crippen molar-refractivity contribution < 1.29 is 17.5 Å². The topological polar surface area (TPSA) is 46.6 Å². The first-order chi connectivity index (χ1) is 12.0. The van der Waals surface area contributed by atoms with Crippen LogP contribution in [-0.4, -0.2) is 32.4 Å². The summed E-state index contributed by atoms with van der Waals surface area (Å²) >= 11 is 1.36. The van der Waals surface area contributed by atoms with Gasteiger partial charge >= 0.3 is 0 Å². The van der Waals surface area contributed by atoms with E-state index >= 15 is 0 Å². The molecule has 1 saturated heterocycles. The van der Waals surface area contributed by atoms with E-state index in [2.05, 4.69) is 0 Å². The highest BCUT2D eigenvalue weighted by Gasteiger charge is 2.30. The quantitative estimate of drug-likeness (QED) is 0.759. The van der Waals surface area contributed by atoms with Gasteiger partial charge in [-0.05, 0) is 61.6 Å². The lowest BCUT2D eigenvalue weighted by Crippen LogP contribution is -2.39. The van der Waals surface area contributed by atoms with Crippen LogP contribution in [0.3, 0.4) is 0 Å². The zero-order valence-electron chi connectivity index (χ0n) is 14.2. The van der Waals surface area contributed by atoms with E-state index in [1.807, 2.05) is 13.0 Å². The summed E-state index contributed by atoms with van der Waals surface area (Å²) in [5, 5.41) is 0. The van der Waals surface area contributed by atoms with Crippen molar-refractivity contribution in [3.63, 3.8) is 0 Å². The van der Waals surface area contributed by atoms with Gasteiger partial charge in [0.1, 0.15) is 15.8 Å². The molecule has 4 nitrogen and oxygen atoms in total. The average Bonchev–Trinajstić information content (AvgIpc) is 3.12. The van der Waals surface area contributed by atoms with Gasteiger partial charge in [0.25, 0.3) is 10.0 Å². The number of halogens is 1. The SMILES string of the molecule is CCc1ccc(S(=O)(=O)N2CCC(COc3ccc(F)cc3)CC2)s1. The Bertz CT molecular complexity index is 794. The maximum atomic E-state index is 12.9. The summed E-state index contributed by atoms with van der Waals surface area (Å²) in [4.78, 5) is 1.08. The van der Waals surface area contributed by atoms with E-state index in [1.165, 1.54) is 23.5 Å². The van der Waals surface area contributed by atoms with Crippen molar-refractivity contribution in [1.82, 2.24) is 4.31 Å². The second kappa shape index (κ2) is 7.85. The number of hydrogen-bond donors (Lipinski definition) is 0. The molecule has 0 aliphatic carbocycles. The summed E-state index contributed by atoms with van der Waals surface area (Å²) in [5.74, 6) is 0.666. The van der Waals surface area contributed by atoms with Gasteiger partial charge in [0, 0.05) is 18.0 Å². The number of aryl methyl sites for hydroxylation is 1. The van der Waals surface area contributed by atoms with Crippen LogP contribution in [0.15, 0.2) is 40.6 Å². The van der Waals surface area contributed by atoms with Crippen molar-refractivity contribution in [3.05, 3.63) is 47.1 Å². The predicted molar refractivity (Wildman–Crippen MR) is 97.1 cm³/mol. The first-order valence-corrected chi connectivity index (χ1v) is 10.7. The highest BCUT2D eigenvalue weighted by atomic mass is 32.2. The van der Waals surface area contributed by atoms with Crippen LogP contribution in [-0.2, 0) is 16.4 Å². The van der Waals surface area contributed by atoms with E-state index < -0.39 is 10.0 Å². The van der Waals surface area contributed by atoms with Crippen LogP contribution >= 0.6 is 11.3 Å². The molecule has 2 aromatic rings. The van der Waals surface area contributed by atoms with Gasteiger partial charge in [-0.1, -0.05) is 6.92 Å². The number of benzene rings is 1. The zero-order chi connectivity index (χ0) is 17.9. The van der Waals surface area contributed by atoms with E-state index in [9.17, 15) is 12.8 Å². The van der Waals surface area contributed by atoms with E-state index in [4.69, 9.17) is 4.74 Å². The molecule has 1 aliphatic heterocycles. The van der Waals surface area contributed by atoms with E-state index in [0.29, 0.717) is 35.6 Å². The molecular weight excluding hydrogens is 361 g/mol. The minimum Gasteiger partial charge on any atom is -0.493 e. The summed E-state index contributed by atoms with van der Waals surface area (Å²) in [5.41, 5.74) is 0. The van der Waals surface area contributed by atoms with Crippen LogP contribution in [0.2, 0.25) is 0 Å². The molecule has 1 aromatic carbocycles. The lowest BCUT2D eigenvalue weighted by Gasteiger charge is -2.30. The predicted octanol–water partition coefficient (Wildman–Crippen LogP) is 3.93. The molecule has 0 bridgehead atoms. The van der Waals surface area contributed by atoms with Crippen molar-refractivity contribution in [1.29, 1.82) is 0 Å². The molecule has 0 N–H and O–H groups in total. The maximum Gasteiger partial charge on any atom is 0.252 e. The summed E-state index contributed by atoms with van der Waals surface area (Å²) in [6.45, 7) is 3.58. The fourth-order valence-electron chi connectivity index (χ4n) is 2.88. The molecule has 0 unspecified atom stereocenters. The van der Waals surface area contributed by atoms with E-state index in [-0.39, 0.29) is 5.82 Å². The Morgan fingerprint density at radius 2 is 1.84 bits per heavy atom. The smallest absolute Gasteiger partial charge is 0.252 e. The summed E-state index contributed by atoms with van der Waals surface area (Å²) in [6, 6.07) is 9.56. The molecule has 25 heavy (non-hydrogen) atoms. The Balaban J connectivity index is 1.53. The monoisotopic (exact) mass is 383 g/mol. The van der Waals surface area contributed by atoms with Gasteiger partial charge in [-0.3, -0.25) is 0 Å². The Labute approximate surface area is 152 Å². The number of ether oxygens (including phenoxy) is 1.